The molecule has 3 amide bonds. The molecule has 3 rings (SSSR count). The van der Waals surface area contributed by atoms with E-state index in [1.807, 2.05) is 18.2 Å². The van der Waals surface area contributed by atoms with Crippen LogP contribution in [0.2, 0.25) is 0 Å². The van der Waals surface area contributed by atoms with E-state index in [0.717, 1.165) is 25.0 Å². The van der Waals surface area contributed by atoms with Crippen LogP contribution >= 0.6 is 11.8 Å². The normalized spacial score (nSPS) is 13.9. The summed E-state index contributed by atoms with van der Waals surface area (Å²) in [7, 11) is 0. The highest BCUT2D eigenvalue weighted by Crippen LogP contribution is 2.19. The maximum atomic E-state index is 12.2. The van der Waals surface area contributed by atoms with Gasteiger partial charge in [0.2, 0.25) is 0 Å². The van der Waals surface area contributed by atoms with Gasteiger partial charge in [-0.15, -0.1) is 11.8 Å². The molecule has 0 aliphatic heterocycles. The summed E-state index contributed by atoms with van der Waals surface area (Å²) in [5, 5.41) is 8.73. The molecule has 0 bridgehead atoms. The first kappa shape index (κ1) is 20.3. The number of carbonyl (C=O) groups excluding carboxylic acids is 2. The van der Waals surface area contributed by atoms with Gasteiger partial charge in [0.25, 0.3) is 5.91 Å². The van der Waals surface area contributed by atoms with E-state index in [0.29, 0.717) is 23.8 Å². The first-order valence-corrected chi connectivity index (χ1v) is 10.8. The van der Waals surface area contributed by atoms with Crippen LogP contribution in [0.15, 0.2) is 59.5 Å². The number of rotatable bonds is 8. The fourth-order valence-electron chi connectivity index (χ4n) is 3.20. The van der Waals surface area contributed by atoms with Crippen molar-refractivity contribution in [3.63, 3.8) is 0 Å². The predicted molar refractivity (Wildman–Crippen MR) is 115 cm³/mol. The first-order chi connectivity index (χ1) is 13.7. The number of hydrogen-bond donors (Lipinski definition) is 3. The van der Waals surface area contributed by atoms with Crippen molar-refractivity contribution >= 4 is 29.4 Å². The summed E-state index contributed by atoms with van der Waals surface area (Å²) in [4.78, 5) is 25.5. The van der Waals surface area contributed by atoms with Crippen LogP contribution in [0.5, 0.6) is 0 Å². The van der Waals surface area contributed by atoms with E-state index in [4.69, 9.17) is 0 Å². The summed E-state index contributed by atoms with van der Waals surface area (Å²) in [6, 6.07) is 17.3. The van der Waals surface area contributed by atoms with Crippen molar-refractivity contribution in [1.82, 2.24) is 10.6 Å². The van der Waals surface area contributed by atoms with Gasteiger partial charge in [0.15, 0.2) is 0 Å². The Hall–Kier alpha value is -2.47. The Labute approximate surface area is 170 Å². The number of hydrogen-bond acceptors (Lipinski definition) is 3. The fraction of sp³-hybridized carbons (Fsp3) is 0.364. The van der Waals surface area contributed by atoms with E-state index in [9.17, 15) is 9.59 Å². The van der Waals surface area contributed by atoms with E-state index in [2.05, 4.69) is 28.1 Å². The maximum Gasteiger partial charge on any atom is 0.319 e. The Morgan fingerprint density at radius 3 is 2.39 bits per heavy atom. The van der Waals surface area contributed by atoms with Crippen LogP contribution in [0, 0.1) is 0 Å². The van der Waals surface area contributed by atoms with Gasteiger partial charge in [-0.05, 0) is 61.4 Å². The molecule has 28 heavy (non-hydrogen) atoms. The highest BCUT2D eigenvalue weighted by molar-refractivity contribution is 7.99. The van der Waals surface area contributed by atoms with Crippen molar-refractivity contribution in [2.24, 2.45) is 0 Å². The van der Waals surface area contributed by atoms with Crippen molar-refractivity contribution in [2.45, 2.75) is 43.0 Å². The summed E-state index contributed by atoms with van der Waals surface area (Å²) >= 11 is 1.78. The summed E-state index contributed by atoms with van der Waals surface area (Å²) in [6.07, 6.45) is 5.40. The van der Waals surface area contributed by atoms with Crippen LogP contribution in [0.3, 0.4) is 0 Å². The van der Waals surface area contributed by atoms with E-state index < -0.39 is 0 Å². The third-order valence-corrected chi connectivity index (χ3v) is 5.81. The van der Waals surface area contributed by atoms with Gasteiger partial charge in [0.05, 0.1) is 0 Å². The van der Waals surface area contributed by atoms with Gasteiger partial charge < -0.3 is 16.0 Å². The Kier molecular flexibility index (Phi) is 7.79. The van der Waals surface area contributed by atoms with E-state index in [1.54, 1.807) is 36.0 Å². The molecule has 0 radical (unpaired) electrons. The fourth-order valence-corrected chi connectivity index (χ4v) is 4.07. The molecule has 1 aliphatic carbocycles. The topological polar surface area (TPSA) is 70.2 Å². The second-order valence-electron chi connectivity index (χ2n) is 6.93. The van der Waals surface area contributed by atoms with Crippen LogP contribution in [0.25, 0.3) is 0 Å². The van der Waals surface area contributed by atoms with Crippen LogP contribution in [-0.4, -0.2) is 30.3 Å². The van der Waals surface area contributed by atoms with Crippen molar-refractivity contribution in [3.8, 4) is 0 Å². The quantitative estimate of drug-likeness (QED) is 0.448. The Balaban J connectivity index is 1.34. The molecular weight excluding hydrogens is 370 g/mol. The zero-order valence-corrected chi connectivity index (χ0v) is 16.8. The molecule has 148 valence electrons. The lowest BCUT2D eigenvalue weighted by Crippen LogP contribution is -2.32. The lowest BCUT2D eigenvalue weighted by atomic mass is 10.1. The van der Waals surface area contributed by atoms with E-state index in [-0.39, 0.29) is 11.9 Å². The molecule has 0 atom stereocenters. The largest absolute Gasteiger partial charge is 0.349 e. The Bertz CT molecular complexity index is 759. The van der Waals surface area contributed by atoms with Crippen LogP contribution in [-0.2, 0) is 0 Å². The van der Waals surface area contributed by atoms with Crippen LogP contribution < -0.4 is 16.0 Å². The molecule has 5 nitrogen and oxygen atoms in total. The van der Waals surface area contributed by atoms with Gasteiger partial charge in [0, 0.05) is 28.7 Å². The molecule has 0 spiro atoms. The zero-order valence-electron chi connectivity index (χ0n) is 15.9. The number of carbonyl (C=O) groups is 2. The minimum Gasteiger partial charge on any atom is -0.349 e. The van der Waals surface area contributed by atoms with Crippen molar-refractivity contribution in [3.05, 3.63) is 60.2 Å². The molecule has 1 fully saturated rings. The van der Waals surface area contributed by atoms with Gasteiger partial charge in [-0.2, -0.15) is 0 Å². The summed E-state index contributed by atoms with van der Waals surface area (Å²) < 4.78 is 0. The summed E-state index contributed by atoms with van der Waals surface area (Å²) in [5.41, 5.74) is 1.30. The Morgan fingerprint density at radius 1 is 0.964 bits per heavy atom. The van der Waals surface area contributed by atoms with Gasteiger partial charge in [-0.3, -0.25) is 4.79 Å². The molecule has 0 heterocycles. The van der Waals surface area contributed by atoms with Crippen LogP contribution in [0.1, 0.15) is 42.5 Å². The number of amides is 3. The highest BCUT2D eigenvalue weighted by atomic mass is 32.2. The third kappa shape index (κ3) is 6.60. The lowest BCUT2D eigenvalue weighted by Gasteiger charge is -2.12. The monoisotopic (exact) mass is 397 g/mol. The first-order valence-electron chi connectivity index (χ1n) is 9.84. The number of benzene rings is 2. The molecule has 2 aromatic rings. The van der Waals surface area contributed by atoms with E-state index >= 15 is 0 Å². The molecule has 3 N–H and O–H groups in total. The number of urea groups is 1. The Morgan fingerprint density at radius 2 is 1.68 bits per heavy atom. The van der Waals surface area contributed by atoms with E-state index in [1.165, 1.54) is 17.7 Å². The SMILES string of the molecule is O=C(NCCCSc1ccccc1)Nc1ccc(C(=O)NC2CCCC2)cc1. The molecule has 6 heteroatoms. The molecule has 2 aromatic carbocycles. The molecule has 0 unspecified atom stereocenters. The standard InChI is InChI=1S/C22H27N3O2S/c26-21(24-18-7-4-5-8-18)17-11-13-19(14-12-17)25-22(27)23-15-6-16-28-20-9-2-1-3-10-20/h1-3,9-14,18H,4-8,15-16H2,(H,24,26)(H2,23,25,27). The number of anilines is 1. The smallest absolute Gasteiger partial charge is 0.319 e. The molecule has 0 aromatic heterocycles. The minimum absolute atomic E-state index is 0.0428. The van der Waals surface area contributed by atoms with Gasteiger partial charge >= 0.3 is 6.03 Å². The third-order valence-electron chi connectivity index (χ3n) is 4.71. The summed E-state index contributed by atoms with van der Waals surface area (Å²) in [6.45, 7) is 0.619. The lowest BCUT2D eigenvalue weighted by molar-refractivity contribution is 0.0938. The zero-order chi connectivity index (χ0) is 19.6. The molecule has 0 saturated heterocycles. The van der Waals surface area contributed by atoms with Gasteiger partial charge in [-0.1, -0.05) is 31.0 Å². The van der Waals surface area contributed by atoms with Gasteiger partial charge in [0.1, 0.15) is 0 Å². The molecule has 1 aliphatic rings. The average molecular weight is 398 g/mol. The maximum absolute atomic E-state index is 12.2. The van der Waals surface area contributed by atoms with Crippen molar-refractivity contribution < 1.29 is 9.59 Å². The average Bonchev–Trinajstić information content (AvgIpc) is 3.22. The molecular formula is C22H27N3O2S. The number of thioether (sulfide) groups is 1. The second kappa shape index (κ2) is 10.8. The van der Waals surface area contributed by atoms with Crippen molar-refractivity contribution in [2.75, 3.05) is 17.6 Å². The highest BCUT2D eigenvalue weighted by Gasteiger charge is 2.17. The number of nitrogens with one attached hydrogen (secondary N) is 3. The second-order valence-corrected chi connectivity index (χ2v) is 8.10. The molecule has 1 saturated carbocycles. The minimum atomic E-state index is -0.229. The van der Waals surface area contributed by atoms with Crippen LogP contribution in [0.4, 0.5) is 10.5 Å². The van der Waals surface area contributed by atoms with Gasteiger partial charge in [-0.25, -0.2) is 4.79 Å². The summed E-state index contributed by atoms with van der Waals surface area (Å²) in [5.74, 6) is 0.911. The van der Waals surface area contributed by atoms with Crippen molar-refractivity contribution in [1.29, 1.82) is 0 Å². The predicted octanol–water partition coefficient (Wildman–Crippen LogP) is 4.66.